The number of halogens is 1. The van der Waals surface area contributed by atoms with Crippen LogP contribution in [-0.2, 0) is 4.79 Å². The molecule has 1 aliphatic rings. The molecule has 1 heterocycles. The predicted molar refractivity (Wildman–Crippen MR) is 75.2 cm³/mol. The number of aryl methyl sites for hydroxylation is 1. The van der Waals surface area contributed by atoms with Crippen LogP contribution in [0.3, 0.4) is 0 Å². The van der Waals surface area contributed by atoms with Crippen LogP contribution in [0.4, 0.5) is 11.4 Å². The molecule has 1 aliphatic heterocycles. The highest BCUT2D eigenvalue weighted by Gasteiger charge is 2.23. The van der Waals surface area contributed by atoms with Gasteiger partial charge in [0.05, 0.1) is 16.7 Å². The van der Waals surface area contributed by atoms with Crippen molar-refractivity contribution < 1.29 is 9.72 Å². The van der Waals surface area contributed by atoms with Gasteiger partial charge in [-0.2, -0.15) is 0 Å². The first kappa shape index (κ1) is 14.0. The zero-order chi connectivity index (χ0) is 14.0. The molecule has 1 atom stereocenters. The summed E-state index contributed by atoms with van der Waals surface area (Å²) in [6.07, 6.45) is 1.75. The monoisotopic (exact) mass is 327 g/mol. The summed E-state index contributed by atoms with van der Waals surface area (Å²) in [5.74, 6) is -0.156. The average molecular weight is 328 g/mol. The molecule has 7 heteroatoms. The lowest BCUT2D eigenvalue weighted by Gasteiger charge is -2.12. The second-order valence-corrected chi connectivity index (χ2v) is 5.37. The number of carbonyl (C=O) groups is 1. The Bertz CT molecular complexity index is 527. The molecule has 2 rings (SSSR count). The van der Waals surface area contributed by atoms with Crippen LogP contribution < -0.4 is 10.6 Å². The van der Waals surface area contributed by atoms with Gasteiger partial charge in [-0.1, -0.05) is 0 Å². The van der Waals surface area contributed by atoms with Gasteiger partial charge in [-0.15, -0.1) is 0 Å². The number of benzene rings is 1. The maximum Gasteiger partial charge on any atom is 0.274 e. The number of nitrogens with one attached hydrogen (secondary N) is 2. The summed E-state index contributed by atoms with van der Waals surface area (Å²) in [7, 11) is 0. The Kier molecular flexibility index (Phi) is 4.16. The van der Waals surface area contributed by atoms with Crippen LogP contribution in [0.2, 0.25) is 0 Å². The van der Waals surface area contributed by atoms with Crippen LogP contribution in [0.15, 0.2) is 16.6 Å². The Morgan fingerprint density at radius 1 is 1.58 bits per heavy atom. The standard InChI is InChI=1S/C12H14BrN3O3/c1-7-5-8(13)10(6-11(7)16(18)19)15-12(17)9-3-2-4-14-9/h5-6,9,14H,2-4H2,1H3,(H,15,17)/t9-/m0/s1. The first-order chi connectivity index (χ1) is 8.99. The highest BCUT2D eigenvalue weighted by atomic mass is 79.9. The van der Waals surface area contributed by atoms with E-state index in [9.17, 15) is 14.9 Å². The minimum atomic E-state index is -0.453. The molecule has 0 radical (unpaired) electrons. The topological polar surface area (TPSA) is 84.3 Å². The average Bonchev–Trinajstić information content (AvgIpc) is 2.85. The summed E-state index contributed by atoms with van der Waals surface area (Å²) in [4.78, 5) is 22.4. The van der Waals surface area contributed by atoms with Crippen LogP contribution in [0.1, 0.15) is 18.4 Å². The zero-order valence-corrected chi connectivity index (χ0v) is 12.0. The Morgan fingerprint density at radius 2 is 2.32 bits per heavy atom. The fourth-order valence-electron chi connectivity index (χ4n) is 2.08. The fraction of sp³-hybridized carbons (Fsp3) is 0.417. The van der Waals surface area contributed by atoms with Crippen molar-refractivity contribution in [3.8, 4) is 0 Å². The van der Waals surface area contributed by atoms with E-state index < -0.39 is 4.92 Å². The lowest BCUT2D eigenvalue weighted by molar-refractivity contribution is -0.385. The molecule has 1 amide bonds. The molecule has 6 nitrogen and oxygen atoms in total. The third kappa shape index (κ3) is 3.10. The maximum atomic E-state index is 12.0. The molecule has 0 bridgehead atoms. The molecule has 0 saturated carbocycles. The van der Waals surface area contributed by atoms with E-state index in [4.69, 9.17) is 0 Å². The van der Waals surface area contributed by atoms with E-state index in [-0.39, 0.29) is 17.6 Å². The number of nitro groups is 1. The number of anilines is 1. The van der Waals surface area contributed by atoms with Crippen molar-refractivity contribution in [1.82, 2.24) is 5.32 Å². The van der Waals surface area contributed by atoms with Gasteiger partial charge in [0.1, 0.15) is 0 Å². The van der Waals surface area contributed by atoms with Crippen molar-refractivity contribution in [3.63, 3.8) is 0 Å². The second-order valence-electron chi connectivity index (χ2n) is 4.51. The van der Waals surface area contributed by atoms with Gasteiger partial charge in [-0.3, -0.25) is 14.9 Å². The highest BCUT2D eigenvalue weighted by molar-refractivity contribution is 9.10. The lowest BCUT2D eigenvalue weighted by Crippen LogP contribution is -2.35. The smallest absolute Gasteiger partial charge is 0.274 e. The van der Waals surface area contributed by atoms with Gasteiger partial charge in [0.15, 0.2) is 0 Å². The molecule has 1 fully saturated rings. The Morgan fingerprint density at radius 3 is 2.89 bits per heavy atom. The van der Waals surface area contributed by atoms with E-state index in [2.05, 4.69) is 26.6 Å². The van der Waals surface area contributed by atoms with Crippen LogP contribution in [0, 0.1) is 17.0 Å². The van der Waals surface area contributed by atoms with E-state index in [0.29, 0.717) is 15.7 Å². The third-order valence-corrected chi connectivity index (χ3v) is 3.77. The molecule has 19 heavy (non-hydrogen) atoms. The molecule has 0 unspecified atom stereocenters. The van der Waals surface area contributed by atoms with E-state index in [1.165, 1.54) is 6.07 Å². The molecule has 1 aromatic rings. The largest absolute Gasteiger partial charge is 0.323 e. The van der Waals surface area contributed by atoms with E-state index in [0.717, 1.165) is 19.4 Å². The number of rotatable bonds is 3. The molecular formula is C12H14BrN3O3. The minimum absolute atomic E-state index is 0.00196. The lowest BCUT2D eigenvalue weighted by atomic mass is 10.1. The normalized spacial score (nSPS) is 18.3. The summed E-state index contributed by atoms with van der Waals surface area (Å²) in [6, 6.07) is 2.80. The van der Waals surface area contributed by atoms with Gasteiger partial charge in [-0.25, -0.2) is 0 Å². The van der Waals surface area contributed by atoms with Crippen molar-refractivity contribution in [2.45, 2.75) is 25.8 Å². The van der Waals surface area contributed by atoms with Crippen molar-refractivity contribution in [2.75, 3.05) is 11.9 Å². The highest BCUT2D eigenvalue weighted by Crippen LogP contribution is 2.30. The Hall–Kier alpha value is -1.47. The second kappa shape index (κ2) is 5.66. The van der Waals surface area contributed by atoms with E-state index in [1.807, 2.05) is 0 Å². The summed E-state index contributed by atoms with van der Waals surface area (Å²) in [6.45, 7) is 2.49. The first-order valence-corrected chi connectivity index (χ1v) is 6.77. The minimum Gasteiger partial charge on any atom is -0.323 e. The summed E-state index contributed by atoms with van der Waals surface area (Å²) in [5.41, 5.74) is 0.975. The quantitative estimate of drug-likeness (QED) is 0.659. The van der Waals surface area contributed by atoms with Gasteiger partial charge < -0.3 is 10.6 Å². The molecule has 0 spiro atoms. The van der Waals surface area contributed by atoms with Crippen molar-refractivity contribution in [3.05, 3.63) is 32.3 Å². The molecule has 0 aliphatic carbocycles. The van der Waals surface area contributed by atoms with Crippen LogP contribution in [-0.4, -0.2) is 23.4 Å². The van der Waals surface area contributed by atoms with Crippen LogP contribution >= 0.6 is 15.9 Å². The Labute approximate surface area is 118 Å². The van der Waals surface area contributed by atoms with Crippen molar-refractivity contribution >= 4 is 33.2 Å². The summed E-state index contributed by atoms with van der Waals surface area (Å²) >= 11 is 3.31. The van der Waals surface area contributed by atoms with E-state index in [1.54, 1.807) is 13.0 Å². The molecule has 1 aromatic carbocycles. The van der Waals surface area contributed by atoms with Gasteiger partial charge in [0.2, 0.25) is 5.91 Å². The Balaban J connectivity index is 2.21. The number of carbonyl (C=O) groups excluding carboxylic acids is 1. The fourth-order valence-corrected chi connectivity index (χ4v) is 2.64. The molecular weight excluding hydrogens is 314 g/mol. The zero-order valence-electron chi connectivity index (χ0n) is 10.4. The van der Waals surface area contributed by atoms with Crippen LogP contribution in [0.5, 0.6) is 0 Å². The molecule has 1 saturated heterocycles. The number of amides is 1. The number of nitro benzene ring substituents is 1. The third-order valence-electron chi connectivity index (χ3n) is 3.12. The van der Waals surface area contributed by atoms with Crippen LogP contribution in [0.25, 0.3) is 0 Å². The molecule has 0 aromatic heterocycles. The first-order valence-electron chi connectivity index (χ1n) is 5.98. The number of hydrogen-bond acceptors (Lipinski definition) is 4. The number of hydrogen-bond donors (Lipinski definition) is 2. The van der Waals surface area contributed by atoms with Gasteiger partial charge in [0.25, 0.3) is 5.69 Å². The summed E-state index contributed by atoms with van der Waals surface area (Å²) in [5, 5.41) is 16.7. The predicted octanol–water partition coefficient (Wildman–Crippen LogP) is 2.36. The molecule has 2 N–H and O–H groups in total. The van der Waals surface area contributed by atoms with E-state index >= 15 is 0 Å². The molecule has 102 valence electrons. The maximum absolute atomic E-state index is 12.0. The summed E-state index contributed by atoms with van der Waals surface area (Å²) < 4.78 is 0.641. The van der Waals surface area contributed by atoms with Crippen molar-refractivity contribution in [1.29, 1.82) is 0 Å². The van der Waals surface area contributed by atoms with Crippen molar-refractivity contribution in [2.24, 2.45) is 0 Å². The SMILES string of the molecule is Cc1cc(Br)c(NC(=O)[C@@H]2CCCN2)cc1[N+](=O)[O-]. The number of nitrogens with zero attached hydrogens (tertiary/aromatic N) is 1. The van der Waals surface area contributed by atoms with Gasteiger partial charge >= 0.3 is 0 Å². The van der Waals surface area contributed by atoms with Gasteiger partial charge in [-0.05, 0) is 48.3 Å². The van der Waals surface area contributed by atoms with Gasteiger partial charge in [0, 0.05) is 16.1 Å².